The van der Waals surface area contributed by atoms with Crippen LogP contribution in [0.15, 0.2) is 30.6 Å². The van der Waals surface area contributed by atoms with Crippen molar-refractivity contribution >= 4 is 22.9 Å². The number of nitrogens with zero attached hydrogens (tertiary/aromatic N) is 2. The molecule has 21 heavy (non-hydrogen) atoms. The summed E-state index contributed by atoms with van der Waals surface area (Å²) in [5, 5.41) is 11.7. The van der Waals surface area contributed by atoms with E-state index in [0.717, 1.165) is 11.0 Å². The minimum absolute atomic E-state index is 0.320. The molecule has 1 aromatic carbocycles. The fourth-order valence-electron chi connectivity index (χ4n) is 2.25. The number of imidazole rings is 1. The molecule has 1 unspecified atom stereocenters. The molecule has 0 aliphatic carbocycles. The summed E-state index contributed by atoms with van der Waals surface area (Å²) >= 11 is 0. The molecular formula is C15H19N3O3. The zero-order chi connectivity index (χ0) is 15.4. The molecule has 0 fully saturated rings. The number of carbonyl (C=O) groups is 2. The number of carboxylic acids is 1. The molecule has 2 atom stereocenters. The number of hydrogen-bond acceptors (Lipinski definition) is 3. The molecule has 0 spiro atoms. The van der Waals surface area contributed by atoms with Crippen LogP contribution in [-0.4, -0.2) is 32.6 Å². The van der Waals surface area contributed by atoms with Crippen LogP contribution in [0.5, 0.6) is 0 Å². The third-order valence-electron chi connectivity index (χ3n) is 3.47. The van der Waals surface area contributed by atoms with Crippen molar-refractivity contribution in [2.45, 2.75) is 38.8 Å². The summed E-state index contributed by atoms with van der Waals surface area (Å²) in [4.78, 5) is 27.6. The Morgan fingerprint density at radius 3 is 2.76 bits per heavy atom. The maximum Gasteiger partial charge on any atom is 0.326 e. The molecule has 0 saturated carbocycles. The summed E-state index contributed by atoms with van der Waals surface area (Å²) in [5.74, 6) is -1.33. The Balaban J connectivity index is 2.17. The van der Waals surface area contributed by atoms with Crippen LogP contribution in [0.25, 0.3) is 11.0 Å². The highest BCUT2D eigenvalue weighted by atomic mass is 16.4. The molecule has 1 aromatic heterocycles. The molecule has 112 valence electrons. The molecule has 6 nitrogen and oxygen atoms in total. The van der Waals surface area contributed by atoms with E-state index in [1.165, 1.54) is 0 Å². The van der Waals surface area contributed by atoms with Gasteiger partial charge < -0.3 is 15.0 Å². The number of benzene rings is 1. The second-order valence-corrected chi connectivity index (χ2v) is 5.00. The number of aliphatic carboxylic acids is 1. The third kappa shape index (κ3) is 3.21. The Hall–Kier alpha value is -2.37. The van der Waals surface area contributed by atoms with Gasteiger partial charge in [0.25, 0.3) is 0 Å². The minimum Gasteiger partial charge on any atom is -0.480 e. The first-order chi connectivity index (χ1) is 10.0. The number of nitrogens with one attached hydrogen (secondary N) is 1. The molecule has 2 aromatic rings. The molecule has 0 aliphatic heterocycles. The highest BCUT2D eigenvalue weighted by molar-refractivity contribution is 5.87. The fourth-order valence-corrected chi connectivity index (χ4v) is 2.25. The normalized spacial score (nSPS) is 13.8. The Labute approximate surface area is 122 Å². The van der Waals surface area contributed by atoms with Gasteiger partial charge >= 0.3 is 5.97 Å². The Bertz CT molecular complexity index is 650. The number of carbonyl (C=O) groups excluding carboxylic acids is 1. The summed E-state index contributed by atoms with van der Waals surface area (Å²) in [6.07, 6.45) is 2.71. The van der Waals surface area contributed by atoms with E-state index in [4.69, 9.17) is 5.11 Å². The SMILES string of the molecule is CCC[C@H](NC(=O)C(C)n1cnc2ccccc21)C(=O)O. The predicted octanol–water partition coefficient (Wildman–Crippen LogP) is 1.97. The van der Waals surface area contributed by atoms with Crippen LogP contribution in [0.1, 0.15) is 32.7 Å². The first kappa shape index (κ1) is 15.0. The van der Waals surface area contributed by atoms with E-state index in [9.17, 15) is 9.59 Å². The van der Waals surface area contributed by atoms with Crippen molar-refractivity contribution in [2.24, 2.45) is 0 Å². The van der Waals surface area contributed by atoms with Crippen molar-refractivity contribution in [1.82, 2.24) is 14.9 Å². The monoisotopic (exact) mass is 289 g/mol. The molecule has 6 heteroatoms. The van der Waals surface area contributed by atoms with Crippen molar-refractivity contribution in [1.29, 1.82) is 0 Å². The number of hydrogen-bond donors (Lipinski definition) is 2. The van der Waals surface area contributed by atoms with E-state index < -0.39 is 18.1 Å². The number of para-hydroxylation sites is 2. The van der Waals surface area contributed by atoms with Crippen LogP contribution in [0, 0.1) is 0 Å². The Morgan fingerprint density at radius 1 is 1.38 bits per heavy atom. The lowest BCUT2D eigenvalue weighted by molar-refractivity contribution is -0.142. The zero-order valence-corrected chi connectivity index (χ0v) is 12.1. The van der Waals surface area contributed by atoms with Gasteiger partial charge in [0.1, 0.15) is 12.1 Å². The van der Waals surface area contributed by atoms with Crippen LogP contribution in [0.4, 0.5) is 0 Å². The summed E-state index contributed by atoms with van der Waals surface area (Å²) in [7, 11) is 0. The van der Waals surface area contributed by atoms with Gasteiger partial charge in [-0.15, -0.1) is 0 Å². The van der Waals surface area contributed by atoms with Gasteiger partial charge in [-0.1, -0.05) is 25.5 Å². The second kappa shape index (κ2) is 6.39. The highest BCUT2D eigenvalue weighted by Gasteiger charge is 2.23. The summed E-state index contributed by atoms with van der Waals surface area (Å²) < 4.78 is 1.75. The van der Waals surface area contributed by atoms with Gasteiger partial charge in [-0.3, -0.25) is 4.79 Å². The van der Waals surface area contributed by atoms with Gasteiger partial charge in [0, 0.05) is 0 Å². The van der Waals surface area contributed by atoms with E-state index in [-0.39, 0.29) is 5.91 Å². The van der Waals surface area contributed by atoms with Crippen molar-refractivity contribution in [3.8, 4) is 0 Å². The van der Waals surface area contributed by atoms with E-state index in [2.05, 4.69) is 10.3 Å². The first-order valence-corrected chi connectivity index (χ1v) is 6.99. The summed E-state index contributed by atoms with van der Waals surface area (Å²) in [5.41, 5.74) is 1.66. The third-order valence-corrected chi connectivity index (χ3v) is 3.47. The number of amides is 1. The van der Waals surface area contributed by atoms with Gasteiger partial charge in [-0.25, -0.2) is 9.78 Å². The molecule has 0 saturated heterocycles. The average Bonchev–Trinajstić information content (AvgIpc) is 2.89. The topological polar surface area (TPSA) is 84.2 Å². The zero-order valence-electron chi connectivity index (χ0n) is 12.1. The molecule has 0 aliphatic rings. The molecule has 2 rings (SSSR count). The highest BCUT2D eigenvalue weighted by Crippen LogP contribution is 2.17. The van der Waals surface area contributed by atoms with E-state index in [1.54, 1.807) is 17.8 Å². The Kier molecular flexibility index (Phi) is 4.57. The maximum atomic E-state index is 12.3. The smallest absolute Gasteiger partial charge is 0.326 e. The molecule has 0 radical (unpaired) electrons. The second-order valence-electron chi connectivity index (χ2n) is 5.00. The average molecular weight is 289 g/mol. The largest absolute Gasteiger partial charge is 0.480 e. The quantitative estimate of drug-likeness (QED) is 0.851. The van der Waals surface area contributed by atoms with Gasteiger partial charge in [0.05, 0.1) is 17.4 Å². The van der Waals surface area contributed by atoms with Crippen LogP contribution >= 0.6 is 0 Å². The minimum atomic E-state index is -1.01. The van der Waals surface area contributed by atoms with E-state index >= 15 is 0 Å². The van der Waals surface area contributed by atoms with E-state index in [1.807, 2.05) is 31.2 Å². The van der Waals surface area contributed by atoms with Crippen LogP contribution in [-0.2, 0) is 9.59 Å². The number of carboxylic acid groups (broad SMARTS) is 1. The number of rotatable bonds is 6. The molecule has 0 bridgehead atoms. The van der Waals surface area contributed by atoms with Crippen LogP contribution in [0.3, 0.4) is 0 Å². The van der Waals surface area contributed by atoms with Gasteiger partial charge in [0.2, 0.25) is 5.91 Å². The number of fused-ring (bicyclic) bond motifs is 1. The lowest BCUT2D eigenvalue weighted by atomic mass is 10.1. The van der Waals surface area contributed by atoms with Crippen molar-refractivity contribution in [2.75, 3.05) is 0 Å². The molecule has 1 heterocycles. The van der Waals surface area contributed by atoms with E-state index in [0.29, 0.717) is 12.8 Å². The molecule has 2 N–H and O–H groups in total. The summed E-state index contributed by atoms with van der Waals surface area (Å²) in [6.45, 7) is 3.61. The lowest BCUT2D eigenvalue weighted by Gasteiger charge is -2.18. The van der Waals surface area contributed by atoms with Gasteiger partial charge in [-0.05, 0) is 25.5 Å². The number of aromatic nitrogens is 2. The maximum absolute atomic E-state index is 12.3. The standard InChI is InChI=1S/C15H19N3O3/c1-3-6-12(15(20)21)17-14(19)10(2)18-9-16-11-7-4-5-8-13(11)18/h4-5,7-10,12H,3,6H2,1-2H3,(H,17,19)(H,20,21)/t10?,12-/m0/s1. The summed E-state index contributed by atoms with van der Waals surface area (Å²) in [6, 6.07) is 6.14. The molecular weight excluding hydrogens is 270 g/mol. The predicted molar refractivity (Wildman–Crippen MR) is 78.9 cm³/mol. The molecule has 1 amide bonds. The Morgan fingerprint density at radius 2 is 2.10 bits per heavy atom. The van der Waals surface area contributed by atoms with Crippen molar-refractivity contribution in [3.63, 3.8) is 0 Å². The van der Waals surface area contributed by atoms with Crippen molar-refractivity contribution < 1.29 is 14.7 Å². The lowest BCUT2D eigenvalue weighted by Crippen LogP contribution is -2.43. The van der Waals surface area contributed by atoms with Gasteiger partial charge in [0.15, 0.2) is 0 Å². The van der Waals surface area contributed by atoms with Crippen molar-refractivity contribution in [3.05, 3.63) is 30.6 Å². The van der Waals surface area contributed by atoms with Crippen LogP contribution in [0.2, 0.25) is 0 Å². The fraction of sp³-hybridized carbons (Fsp3) is 0.400. The van der Waals surface area contributed by atoms with Crippen LogP contribution < -0.4 is 5.32 Å². The van der Waals surface area contributed by atoms with Gasteiger partial charge in [-0.2, -0.15) is 0 Å². The first-order valence-electron chi connectivity index (χ1n) is 6.99.